The van der Waals surface area contributed by atoms with Crippen molar-refractivity contribution in [2.24, 2.45) is 0 Å². The van der Waals surface area contributed by atoms with E-state index in [-0.39, 0.29) is 5.41 Å². The normalized spacial score (nSPS) is 11.2. The molecule has 0 bridgehead atoms. The highest BCUT2D eigenvalue weighted by molar-refractivity contribution is 7.09. The highest BCUT2D eigenvalue weighted by Crippen LogP contribution is 2.31. The van der Waals surface area contributed by atoms with Gasteiger partial charge >= 0.3 is 0 Å². The molecule has 0 radical (unpaired) electrons. The SMILES string of the molecule is COc1cccc(C=O)c1OCc1nc(C(C)(C)C)cs1. The molecule has 0 unspecified atom stereocenters. The predicted octanol–water partition coefficient (Wildman–Crippen LogP) is 3.84. The highest BCUT2D eigenvalue weighted by atomic mass is 32.1. The monoisotopic (exact) mass is 305 g/mol. The number of thiazole rings is 1. The van der Waals surface area contributed by atoms with Gasteiger partial charge in [0.2, 0.25) is 0 Å². The van der Waals surface area contributed by atoms with Crippen LogP contribution in [-0.4, -0.2) is 18.4 Å². The van der Waals surface area contributed by atoms with Gasteiger partial charge in [-0.05, 0) is 12.1 Å². The van der Waals surface area contributed by atoms with E-state index in [1.54, 1.807) is 36.6 Å². The first-order chi connectivity index (χ1) is 9.95. The van der Waals surface area contributed by atoms with Crippen LogP contribution in [0.3, 0.4) is 0 Å². The number of carbonyl (C=O) groups excluding carboxylic acids is 1. The minimum atomic E-state index is 0.0210. The summed E-state index contributed by atoms with van der Waals surface area (Å²) in [6, 6.07) is 5.23. The molecule has 1 aromatic heterocycles. The summed E-state index contributed by atoms with van der Waals surface area (Å²) in [5.41, 5.74) is 1.54. The molecule has 2 rings (SSSR count). The third-order valence-electron chi connectivity index (χ3n) is 3.02. The minimum absolute atomic E-state index is 0.0210. The Morgan fingerprint density at radius 2 is 2.10 bits per heavy atom. The summed E-state index contributed by atoms with van der Waals surface area (Å²) in [6.07, 6.45) is 0.764. The molecule has 2 aromatic rings. The Labute approximate surface area is 128 Å². The molecule has 1 aromatic carbocycles. The molecule has 4 nitrogen and oxygen atoms in total. The topological polar surface area (TPSA) is 48.4 Å². The van der Waals surface area contributed by atoms with Crippen molar-refractivity contribution in [1.29, 1.82) is 0 Å². The second-order valence-electron chi connectivity index (χ2n) is 5.66. The van der Waals surface area contributed by atoms with Gasteiger partial charge in [-0.15, -0.1) is 11.3 Å². The predicted molar refractivity (Wildman–Crippen MR) is 83.5 cm³/mol. The zero-order valence-corrected chi connectivity index (χ0v) is 13.5. The molecule has 112 valence electrons. The number of benzene rings is 1. The Hall–Kier alpha value is -1.88. The summed E-state index contributed by atoms with van der Waals surface area (Å²) in [7, 11) is 1.55. The van der Waals surface area contributed by atoms with Crippen LogP contribution in [-0.2, 0) is 12.0 Å². The van der Waals surface area contributed by atoms with Crippen LogP contribution in [0, 0.1) is 0 Å². The van der Waals surface area contributed by atoms with Gasteiger partial charge in [-0.1, -0.05) is 26.8 Å². The minimum Gasteiger partial charge on any atom is -0.493 e. The molecule has 0 fully saturated rings. The molecule has 0 spiro atoms. The van der Waals surface area contributed by atoms with Crippen LogP contribution < -0.4 is 9.47 Å². The van der Waals surface area contributed by atoms with Gasteiger partial charge in [-0.3, -0.25) is 4.79 Å². The number of methoxy groups -OCH3 is 1. The molecule has 5 heteroatoms. The lowest BCUT2D eigenvalue weighted by molar-refractivity contribution is 0.111. The fourth-order valence-corrected chi connectivity index (χ4v) is 2.73. The van der Waals surface area contributed by atoms with E-state index in [4.69, 9.17) is 9.47 Å². The van der Waals surface area contributed by atoms with Crippen molar-refractivity contribution >= 4 is 17.6 Å². The summed E-state index contributed by atoms with van der Waals surface area (Å²) in [5, 5.41) is 2.92. The van der Waals surface area contributed by atoms with Gasteiger partial charge in [0.25, 0.3) is 0 Å². The molecule has 0 amide bonds. The molecule has 1 heterocycles. The fraction of sp³-hybridized carbons (Fsp3) is 0.375. The maximum absolute atomic E-state index is 11.1. The lowest BCUT2D eigenvalue weighted by Crippen LogP contribution is -2.11. The van der Waals surface area contributed by atoms with E-state index >= 15 is 0 Å². The largest absolute Gasteiger partial charge is 0.493 e. The van der Waals surface area contributed by atoms with Crippen LogP contribution in [0.25, 0.3) is 0 Å². The molecular weight excluding hydrogens is 286 g/mol. The molecule has 0 saturated carbocycles. The molecule has 0 N–H and O–H groups in total. The van der Waals surface area contributed by atoms with Crippen LogP contribution >= 0.6 is 11.3 Å². The molecule has 0 saturated heterocycles. The quantitative estimate of drug-likeness (QED) is 0.787. The number of aldehydes is 1. The maximum atomic E-state index is 11.1. The van der Waals surface area contributed by atoms with E-state index in [0.29, 0.717) is 23.7 Å². The van der Waals surface area contributed by atoms with Gasteiger partial charge < -0.3 is 9.47 Å². The fourth-order valence-electron chi connectivity index (χ4n) is 1.80. The summed E-state index contributed by atoms with van der Waals surface area (Å²) in [5.74, 6) is 1.01. The van der Waals surface area contributed by atoms with Crippen LogP contribution in [0.5, 0.6) is 11.5 Å². The van der Waals surface area contributed by atoms with Crippen LogP contribution in [0.15, 0.2) is 23.6 Å². The summed E-state index contributed by atoms with van der Waals surface area (Å²) in [6.45, 7) is 6.69. The van der Waals surface area contributed by atoms with Crippen molar-refractivity contribution in [3.63, 3.8) is 0 Å². The second-order valence-corrected chi connectivity index (χ2v) is 6.60. The van der Waals surface area contributed by atoms with Crippen molar-refractivity contribution in [2.45, 2.75) is 32.8 Å². The Balaban J connectivity index is 2.17. The Kier molecular flexibility index (Phi) is 4.63. The first kappa shape index (κ1) is 15.5. The van der Waals surface area contributed by atoms with Gasteiger partial charge in [-0.25, -0.2) is 4.98 Å². The highest BCUT2D eigenvalue weighted by Gasteiger charge is 2.18. The smallest absolute Gasteiger partial charge is 0.172 e. The van der Waals surface area contributed by atoms with E-state index in [1.807, 2.05) is 5.38 Å². The first-order valence-corrected chi connectivity index (χ1v) is 7.53. The third kappa shape index (κ3) is 3.61. The lowest BCUT2D eigenvalue weighted by Gasteiger charge is -2.14. The van der Waals surface area contributed by atoms with Crippen molar-refractivity contribution in [2.75, 3.05) is 7.11 Å². The van der Waals surface area contributed by atoms with E-state index in [1.165, 1.54) is 0 Å². The first-order valence-electron chi connectivity index (χ1n) is 6.65. The lowest BCUT2D eigenvalue weighted by atomic mass is 9.93. The Morgan fingerprint density at radius 3 is 2.67 bits per heavy atom. The third-order valence-corrected chi connectivity index (χ3v) is 3.84. The number of hydrogen-bond donors (Lipinski definition) is 0. The van der Waals surface area contributed by atoms with Gasteiger partial charge in [0.1, 0.15) is 11.6 Å². The van der Waals surface area contributed by atoms with Gasteiger partial charge in [0, 0.05) is 10.8 Å². The molecule has 0 atom stereocenters. The molecular formula is C16H19NO3S. The van der Waals surface area contributed by atoms with E-state index < -0.39 is 0 Å². The van der Waals surface area contributed by atoms with Crippen molar-refractivity contribution in [3.8, 4) is 11.5 Å². The number of carbonyl (C=O) groups is 1. The summed E-state index contributed by atoms with van der Waals surface area (Å²) >= 11 is 1.56. The van der Waals surface area contributed by atoms with Gasteiger partial charge in [0.05, 0.1) is 18.4 Å². The molecule has 0 aliphatic rings. The number of hydrogen-bond acceptors (Lipinski definition) is 5. The number of nitrogens with zero attached hydrogens (tertiary/aromatic N) is 1. The van der Waals surface area contributed by atoms with E-state index in [9.17, 15) is 4.79 Å². The average Bonchev–Trinajstić information content (AvgIpc) is 2.93. The van der Waals surface area contributed by atoms with Crippen molar-refractivity contribution in [1.82, 2.24) is 4.98 Å². The maximum Gasteiger partial charge on any atom is 0.172 e. The number of para-hydroxylation sites is 1. The van der Waals surface area contributed by atoms with E-state index in [0.717, 1.165) is 17.0 Å². The summed E-state index contributed by atoms with van der Waals surface area (Å²) in [4.78, 5) is 15.7. The zero-order valence-electron chi connectivity index (χ0n) is 12.7. The molecule has 0 aliphatic heterocycles. The van der Waals surface area contributed by atoms with Gasteiger partial charge in [-0.2, -0.15) is 0 Å². The summed E-state index contributed by atoms with van der Waals surface area (Å²) < 4.78 is 11.0. The number of aromatic nitrogens is 1. The van der Waals surface area contributed by atoms with Gasteiger partial charge in [0.15, 0.2) is 17.8 Å². The Morgan fingerprint density at radius 1 is 1.33 bits per heavy atom. The van der Waals surface area contributed by atoms with Crippen LogP contribution in [0.4, 0.5) is 0 Å². The Bertz CT molecular complexity index is 629. The standard InChI is InChI=1S/C16H19NO3S/c1-16(2,3)13-10-21-14(17-13)9-20-15-11(8-18)6-5-7-12(15)19-4/h5-8,10H,9H2,1-4H3. The van der Waals surface area contributed by atoms with E-state index in [2.05, 4.69) is 25.8 Å². The number of ether oxygens (including phenoxy) is 2. The van der Waals surface area contributed by atoms with Crippen molar-refractivity contribution in [3.05, 3.63) is 39.8 Å². The molecule has 0 aliphatic carbocycles. The number of rotatable bonds is 5. The molecule has 21 heavy (non-hydrogen) atoms. The zero-order chi connectivity index (χ0) is 15.5. The van der Waals surface area contributed by atoms with Crippen LogP contribution in [0.1, 0.15) is 41.8 Å². The second kappa shape index (κ2) is 6.26. The average molecular weight is 305 g/mol. The van der Waals surface area contributed by atoms with Crippen molar-refractivity contribution < 1.29 is 14.3 Å². The van der Waals surface area contributed by atoms with Crippen LogP contribution in [0.2, 0.25) is 0 Å².